The van der Waals surface area contributed by atoms with E-state index in [2.05, 4.69) is 79.3 Å². The van der Waals surface area contributed by atoms with Crippen LogP contribution in [0.15, 0.2) is 24.3 Å². The molecule has 2 aliphatic heterocycles. The molecule has 2 aliphatic rings. The lowest BCUT2D eigenvalue weighted by Crippen LogP contribution is -2.49. The molecule has 0 spiro atoms. The van der Waals surface area contributed by atoms with Crippen LogP contribution in [0.4, 0.5) is 0 Å². The quantitative estimate of drug-likeness (QED) is 0.0539. The van der Waals surface area contributed by atoms with Gasteiger partial charge < -0.3 is 76.7 Å². The number of carbonyl (C=O) groups is 2. The zero-order valence-corrected chi connectivity index (χ0v) is 43.1. The summed E-state index contributed by atoms with van der Waals surface area (Å²) in [6.07, 6.45) is -10.5. The number of H-pyrrole nitrogens is 3. The summed E-state index contributed by atoms with van der Waals surface area (Å²) in [6.45, 7) is 14.1. The van der Waals surface area contributed by atoms with Gasteiger partial charge in [0.15, 0.2) is 0 Å². The van der Waals surface area contributed by atoms with Crippen LogP contribution >= 0.6 is 0 Å². The number of aliphatic hydroxyl groups excluding tert-OH is 10. The highest BCUT2D eigenvalue weighted by molar-refractivity contribution is 5.99. The van der Waals surface area contributed by atoms with E-state index in [1.165, 1.54) is 0 Å². The highest BCUT2D eigenvalue weighted by Crippen LogP contribution is 2.39. The summed E-state index contributed by atoms with van der Waals surface area (Å²) in [6, 6.07) is 8.16. The normalized spacial score (nSPS) is 16.3. The molecule has 0 unspecified atom stereocenters. The van der Waals surface area contributed by atoms with E-state index < -0.39 is 86.9 Å². The lowest BCUT2D eigenvalue weighted by molar-refractivity contribution is -0.126. The predicted molar refractivity (Wildman–Crippen MR) is 280 cm³/mol. The third-order valence-electron chi connectivity index (χ3n) is 14.5. The Labute approximate surface area is 424 Å². The maximum atomic E-state index is 13.4. The molecule has 0 saturated heterocycles. The van der Waals surface area contributed by atoms with Crippen LogP contribution in [0.5, 0.6) is 0 Å². The Morgan fingerprint density at radius 1 is 0.493 bits per heavy atom. The van der Waals surface area contributed by atoms with Crippen LogP contribution < -0.4 is 10.6 Å². The summed E-state index contributed by atoms with van der Waals surface area (Å²) in [5.74, 6) is -0.854. The molecule has 10 bridgehead atoms. The molecule has 8 atom stereocenters. The van der Waals surface area contributed by atoms with E-state index in [9.17, 15) is 50.4 Å². The molecule has 4 aromatic heterocycles. The van der Waals surface area contributed by atoms with Crippen molar-refractivity contribution >= 4 is 67.2 Å². The van der Waals surface area contributed by atoms with Gasteiger partial charge in [-0.15, -0.1) is 0 Å². The van der Waals surface area contributed by atoms with Gasteiger partial charge in [-0.2, -0.15) is 0 Å². The molecule has 0 radical (unpaired) electrons. The number of carbonyl (C=O) groups excluding carboxylic acids is 2. The van der Waals surface area contributed by atoms with E-state index in [1.807, 2.05) is 26.0 Å². The number of hydrogen-bond acceptors (Lipinski definition) is 14. The summed E-state index contributed by atoms with van der Waals surface area (Å²) >= 11 is 0. The molecule has 15 N–H and O–H groups in total. The van der Waals surface area contributed by atoms with Gasteiger partial charge in [-0.1, -0.05) is 27.7 Å². The largest absolute Gasteiger partial charge is 0.394 e. The van der Waals surface area contributed by atoms with Gasteiger partial charge in [0.2, 0.25) is 11.8 Å². The minimum absolute atomic E-state index is 0.00673. The fourth-order valence-electron chi connectivity index (χ4n) is 10.0. The minimum atomic E-state index is -1.83. The molecule has 0 aliphatic carbocycles. The number of nitrogens with one attached hydrogen (secondary N) is 5. The van der Waals surface area contributed by atoms with E-state index in [0.717, 1.165) is 107 Å². The maximum Gasteiger partial charge on any atom is 0.220 e. The van der Waals surface area contributed by atoms with E-state index >= 15 is 0 Å². The van der Waals surface area contributed by atoms with Crippen molar-refractivity contribution in [1.82, 2.24) is 35.6 Å². The van der Waals surface area contributed by atoms with Crippen molar-refractivity contribution in [2.24, 2.45) is 0 Å². The molecule has 2 amide bonds. The standard InChI is InChI=1S/C54H75N7O12/c1-9-29-27(7)49-50-28(8)30(10-2)38(61-50)18-36-26(6)34(14-16-48(69)56-22-44(65)52(71)54(73)46(67)24-63)42(58-36)20-40-32(12-4)31(11-3)39(59-40)19-41-33(25(5)35(57-41)17-37(29)60-49)13-15-47(68)55-21-43(64)51(70)53(72)45(66)23-62/h17-20,43-46,51-54,57,59-60,62-67,70-73H,9-16,21-24H2,1-8H3,(H,55,68)(H,56,69)/t43-,44-,45+,46+,51+,52+,53+,54+/m0/s1. The molecule has 398 valence electrons. The number of allylic oxidation sites excluding steroid dienone is 4. The fraction of sp³-hybridized carbons (Fsp3) is 0.519. The van der Waals surface area contributed by atoms with Crippen LogP contribution in [0.2, 0.25) is 0 Å². The number of fused-ring (bicyclic) bond motifs is 11. The number of nitrogens with zero attached hydrogens (tertiary/aromatic N) is 2. The fourth-order valence-corrected chi connectivity index (χ4v) is 10.0. The average Bonchev–Trinajstić information content (AvgIpc) is 4.14. The summed E-state index contributed by atoms with van der Waals surface area (Å²) in [4.78, 5) is 48.3. The Kier molecular flexibility index (Phi) is 19.1. The average molecular weight is 1010 g/mol. The van der Waals surface area contributed by atoms with Gasteiger partial charge in [0, 0.05) is 53.5 Å². The predicted octanol–water partition coefficient (Wildman–Crippen LogP) is 2.75. The molecule has 0 aromatic carbocycles. The molecule has 0 saturated carbocycles. The first-order valence-corrected chi connectivity index (χ1v) is 25.3. The van der Waals surface area contributed by atoms with Crippen molar-refractivity contribution in [2.45, 2.75) is 156 Å². The number of hydrogen-bond donors (Lipinski definition) is 15. The van der Waals surface area contributed by atoms with E-state index in [0.29, 0.717) is 30.7 Å². The monoisotopic (exact) mass is 1010 g/mol. The van der Waals surface area contributed by atoms with Crippen LogP contribution in [-0.4, -0.2) is 163 Å². The van der Waals surface area contributed by atoms with Gasteiger partial charge in [-0.05, 0) is 146 Å². The molecule has 4 aromatic rings. The van der Waals surface area contributed by atoms with E-state index in [4.69, 9.17) is 20.2 Å². The molecule has 6 rings (SSSR count). The van der Waals surface area contributed by atoms with Crippen LogP contribution in [0.3, 0.4) is 0 Å². The van der Waals surface area contributed by atoms with Gasteiger partial charge >= 0.3 is 0 Å². The molecule has 0 fully saturated rings. The van der Waals surface area contributed by atoms with Crippen molar-refractivity contribution in [1.29, 1.82) is 0 Å². The van der Waals surface area contributed by atoms with Crippen LogP contribution in [0, 0.1) is 13.8 Å². The number of aryl methyl sites for hydroxylation is 6. The number of aliphatic hydroxyl groups is 10. The van der Waals surface area contributed by atoms with Crippen molar-refractivity contribution < 1.29 is 60.7 Å². The highest BCUT2D eigenvalue weighted by atomic mass is 16.4. The Balaban J connectivity index is 1.51. The third kappa shape index (κ3) is 12.2. The summed E-state index contributed by atoms with van der Waals surface area (Å²) in [5, 5.41) is 105. The lowest BCUT2D eigenvalue weighted by Gasteiger charge is -2.25. The van der Waals surface area contributed by atoms with Crippen LogP contribution in [-0.2, 0) is 35.3 Å². The van der Waals surface area contributed by atoms with Crippen molar-refractivity contribution in [3.8, 4) is 0 Å². The van der Waals surface area contributed by atoms with Crippen LogP contribution in [0.25, 0.3) is 55.4 Å². The van der Waals surface area contributed by atoms with Gasteiger partial charge in [-0.25, -0.2) is 9.97 Å². The highest BCUT2D eigenvalue weighted by Gasteiger charge is 2.32. The molecular formula is C54H75N7O12. The van der Waals surface area contributed by atoms with Crippen LogP contribution in [0.1, 0.15) is 123 Å². The zero-order valence-electron chi connectivity index (χ0n) is 43.1. The molecular weight excluding hydrogens is 939 g/mol. The smallest absolute Gasteiger partial charge is 0.220 e. The molecule has 73 heavy (non-hydrogen) atoms. The number of amides is 2. The Bertz CT molecular complexity index is 2930. The van der Waals surface area contributed by atoms with Gasteiger partial charge in [0.1, 0.15) is 36.6 Å². The van der Waals surface area contributed by atoms with Gasteiger partial charge in [0.25, 0.3) is 0 Å². The first-order valence-electron chi connectivity index (χ1n) is 25.3. The van der Waals surface area contributed by atoms with E-state index in [-0.39, 0.29) is 25.7 Å². The Morgan fingerprint density at radius 2 is 0.959 bits per heavy atom. The second-order valence-electron chi connectivity index (χ2n) is 19.1. The first kappa shape index (κ1) is 56.7. The minimum Gasteiger partial charge on any atom is -0.394 e. The molecule has 6 heterocycles. The second kappa shape index (κ2) is 24.6. The summed E-state index contributed by atoms with van der Waals surface area (Å²) < 4.78 is 0. The van der Waals surface area contributed by atoms with Crippen molar-refractivity contribution in [2.75, 3.05) is 26.3 Å². The van der Waals surface area contributed by atoms with Gasteiger partial charge in [-0.3, -0.25) is 9.59 Å². The molecule has 19 heteroatoms. The summed E-state index contributed by atoms with van der Waals surface area (Å²) in [7, 11) is 0. The second-order valence-corrected chi connectivity index (χ2v) is 19.1. The van der Waals surface area contributed by atoms with E-state index in [1.54, 1.807) is 0 Å². The number of aromatic nitrogens is 5. The molecule has 19 nitrogen and oxygen atoms in total. The van der Waals surface area contributed by atoms with Crippen molar-refractivity contribution in [3.63, 3.8) is 0 Å². The van der Waals surface area contributed by atoms with Gasteiger partial charge in [0.05, 0.1) is 53.7 Å². The SMILES string of the molecule is CCC1=C(C)c2nc1cc1nc(cc3[nH]c(cc4[nH]c(cc5[nH]c2c(C)c5CC)c(C)c4CCC(=O)NC[C@H](O)[C@@H](O)[C@H](O)[C@H](O)CO)c(CC)c3CC)C(CCC(=O)NC[C@H](O)[C@@H](O)[C@H](O)[C@H](O)CO)=C1C. The Hall–Kier alpha value is -5.58. The lowest BCUT2D eigenvalue weighted by atomic mass is 9.99. The summed E-state index contributed by atoms with van der Waals surface area (Å²) in [5.41, 5.74) is 17.9. The first-order chi connectivity index (χ1) is 34.7. The Morgan fingerprint density at radius 3 is 1.49 bits per heavy atom. The third-order valence-corrected chi connectivity index (χ3v) is 14.5. The maximum absolute atomic E-state index is 13.4. The topological polar surface area (TPSA) is 334 Å². The zero-order chi connectivity index (χ0) is 53.6. The number of rotatable bonds is 22. The van der Waals surface area contributed by atoms with Crippen molar-refractivity contribution in [3.05, 3.63) is 80.4 Å². The number of aromatic amines is 3.